The van der Waals surface area contributed by atoms with E-state index in [2.05, 4.69) is 6.07 Å². The van der Waals surface area contributed by atoms with Crippen molar-refractivity contribution in [3.8, 4) is 34.6 Å². The Balaban J connectivity index is 0.00000100. The summed E-state index contributed by atoms with van der Waals surface area (Å²) in [7, 11) is 0. The van der Waals surface area contributed by atoms with Gasteiger partial charge >= 0.3 is 0 Å². The first-order chi connectivity index (χ1) is 11.7. The second-order valence-corrected chi connectivity index (χ2v) is 4.82. The highest BCUT2D eigenvalue weighted by Crippen LogP contribution is 2.38. The average Bonchev–Trinajstić information content (AvgIpc) is 3.14. The monoisotopic (exact) mass is 321 g/mol. The van der Waals surface area contributed by atoms with E-state index in [0.717, 1.165) is 11.1 Å². The maximum atomic E-state index is 10.1. The Morgan fingerprint density at radius 3 is 2.46 bits per heavy atom. The molecule has 0 spiro atoms. The summed E-state index contributed by atoms with van der Waals surface area (Å²) in [6, 6.07) is 15.9. The smallest absolute Gasteiger partial charge is 0.169 e. The summed E-state index contributed by atoms with van der Waals surface area (Å²) in [5.41, 5.74) is 2.10. The molecule has 0 radical (unpaired) electrons. The highest BCUT2D eigenvalue weighted by atomic mass is 16.5. The molecule has 0 aliphatic rings. The van der Waals surface area contributed by atoms with Crippen molar-refractivity contribution in [2.24, 2.45) is 0 Å². The number of hydrogen-bond donors (Lipinski definition) is 1. The third-order valence-electron chi connectivity index (χ3n) is 3.32. The molecule has 1 aromatic heterocycles. The number of nitriles is 1. The van der Waals surface area contributed by atoms with E-state index in [0.29, 0.717) is 17.1 Å². The number of rotatable bonds is 3. The van der Waals surface area contributed by atoms with E-state index in [9.17, 15) is 5.11 Å². The van der Waals surface area contributed by atoms with Crippen molar-refractivity contribution in [2.45, 2.75) is 20.8 Å². The van der Waals surface area contributed by atoms with Gasteiger partial charge in [0.2, 0.25) is 0 Å². The molecule has 3 aromatic rings. The van der Waals surface area contributed by atoms with Gasteiger partial charge in [-0.1, -0.05) is 26.0 Å². The number of phenolic OH excluding ortho intramolecular Hbond substituents is 1. The van der Waals surface area contributed by atoms with E-state index in [1.54, 1.807) is 48.7 Å². The van der Waals surface area contributed by atoms with Crippen molar-refractivity contribution in [2.75, 3.05) is 0 Å². The number of ether oxygens (including phenoxy) is 1. The third-order valence-corrected chi connectivity index (χ3v) is 3.32. The van der Waals surface area contributed by atoms with Gasteiger partial charge in [0.15, 0.2) is 11.5 Å². The number of aromatic hydroxyl groups is 1. The van der Waals surface area contributed by atoms with Gasteiger partial charge < -0.3 is 14.3 Å². The number of furan rings is 1. The summed E-state index contributed by atoms with van der Waals surface area (Å²) >= 11 is 0. The van der Waals surface area contributed by atoms with E-state index in [1.165, 1.54) is 0 Å². The highest BCUT2D eigenvalue weighted by Gasteiger charge is 2.13. The molecule has 4 nitrogen and oxygen atoms in total. The molecule has 0 amide bonds. The van der Waals surface area contributed by atoms with Gasteiger partial charge in [0.1, 0.15) is 17.6 Å². The molecule has 122 valence electrons. The van der Waals surface area contributed by atoms with Crippen LogP contribution in [0.5, 0.6) is 17.2 Å². The van der Waals surface area contributed by atoms with Crippen LogP contribution in [0, 0.1) is 18.3 Å². The van der Waals surface area contributed by atoms with Crippen molar-refractivity contribution >= 4 is 0 Å². The quantitative estimate of drug-likeness (QED) is 0.677. The third kappa shape index (κ3) is 3.58. The van der Waals surface area contributed by atoms with Crippen LogP contribution in [0.3, 0.4) is 0 Å². The lowest BCUT2D eigenvalue weighted by Crippen LogP contribution is -1.91. The first-order valence-electron chi connectivity index (χ1n) is 7.73. The zero-order valence-electron chi connectivity index (χ0n) is 13.9. The second kappa shape index (κ2) is 7.89. The molecule has 3 rings (SSSR count). The molecule has 2 aromatic carbocycles. The van der Waals surface area contributed by atoms with Crippen LogP contribution in [0.4, 0.5) is 0 Å². The summed E-state index contributed by atoms with van der Waals surface area (Å²) < 4.78 is 11.1. The van der Waals surface area contributed by atoms with Gasteiger partial charge in [0.25, 0.3) is 0 Å². The highest BCUT2D eigenvalue weighted by molar-refractivity contribution is 5.67. The number of nitrogens with zero attached hydrogens (tertiary/aromatic N) is 1. The van der Waals surface area contributed by atoms with Gasteiger partial charge in [-0.15, -0.1) is 0 Å². The van der Waals surface area contributed by atoms with Gasteiger partial charge in [-0.25, -0.2) is 0 Å². The van der Waals surface area contributed by atoms with Gasteiger partial charge in [0.05, 0.1) is 11.8 Å². The molecule has 0 fully saturated rings. The van der Waals surface area contributed by atoms with Crippen LogP contribution in [0.15, 0.2) is 59.2 Å². The van der Waals surface area contributed by atoms with Crippen LogP contribution in [0.25, 0.3) is 11.3 Å². The minimum atomic E-state index is 0.0144. The normalized spacial score (nSPS) is 9.58. The lowest BCUT2D eigenvalue weighted by Gasteiger charge is -2.12. The first-order valence-corrected chi connectivity index (χ1v) is 7.73. The fourth-order valence-electron chi connectivity index (χ4n) is 2.22. The molecule has 0 saturated carbocycles. The summed E-state index contributed by atoms with van der Waals surface area (Å²) in [5, 5.41) is 19.2. The van der Waals surface area contributed by atoms with Crippen LogP contribution < -0.4 is 4.74 Å². The van der Waals surface area contributed by atoms with Gasteiger partial charge in [-0.05, 0) is 48.9 Å². The van der Waals surface area contributed by atoms with E-state index in [1.807, 2.05) is 26.8 Å². The minimum absolute atomic E-state index is 0.0144. The topological polar surface area (TPSA) is 66.4 Å². The Morgan fingerprint density at radius 1 is 1.04 bits per heavy atom. The summed E-state index contributed by atoms with van der Waals surface area (Å²) in [6.07, 6.45) is 1.59. The molecular weight excluding hydrogens is 302 g/mol. The van der Waals surface area contributed by atoms with Crippen molar-refractivity contribution in [1.29, 1.82) is 5.26 Å². The average molecular weight is 321 g/mol. The molecular formula is C20H19NO3. The minimum Gasteiger partial charge on any atom is -0.504 e. The fraction of sp³-hybridized carbons (Fsp3) is 0.150. The van der Waals surface area contributed by atoms with Crippen LogP contribution >= 0.6 is 0 Å². The second-order valence-electron chi connectivity index (χ2n) is 4.82. The Kier molecular flexibility index (Phi) is 5.64. The predicted octanol–water partition coefficient (Wildman–Crippen LogP) is 5.65. The van der Waals surface area contributed by atoms with Crippen LogP contribution in [0.1, 0.15) is 25.0 Å². The number of aryl methyl sites for hydroxylation is 1. The first kappa shape index (κ1) is 17.2. The zero-order valence-corrected chi connectivity index (χ0v) is 13.9. The van der Waals surface area contributed by atoms with E-state index in [-0.39, 0.29) is 11.5 Å². The Hall–Kier alpha value is -3.19. The molecule has 0 atom stereocenters. The van der Waals surface area contributed by atoms with Crippen LogP contribution in [0.2, 0.25) is 0 Å². The van der Waals surface area contributed by atoms with Crippen molar-refractivity contribution in [3.05, 3.63) is 65.9 Å². The number of para-hydroxylation sites is 1. The molecule has 1 N–H and O–H groups in total. The van der Waals surface area contributed by atoms with Crippen LogP contribution in [-0.4, -0.2) is 5.11 Å². The Labute approximate surface area is 141 Å². The molecule has 0 bridgehead atoms. The maximum Gasteiger partial charge on any atom is 0.169 e. The lowest BCUT2D eigenvalue weighted by atomic mass is 10.1. The van der Waals surface area contributed by atoms with Crippen LogP contribution in [-0.2, 0) is 0 Å². The lowest BCUT2D eigenvalue weighted by molar-refractivity contribution is 0.410. The SMILES string of the molecule is CC.Cc1cc(O)c(Oc2ccccc2C#N)cc1-c1ccco1. The molecule has 0 aliphatic carbocycles. The molecule has 1 heterocycles. The standard InChI is InChI=1S/C18H13NO3.C2H6/c1-12-9-15(20)18(10-14(12)17-7-4-8-21-17)22-16-6-3-2-5-13(16)11-19;1-2/h2-10,20H,1H3;1-2H3. The zero-order chi connectivity index (χ0) is 17.5. The maximum absolute atomic E-state index is 10.1. The van der Waals surface area contributed by atoms with Gasteiger partial charge in [-0.2, -0.15) is 5.26 Å². The van der Waals surface area contributed by atoms with E-state index >= 15 is 0 Å². The Morgan fingerprint density at radius 2 is 1.79 bits per heavy atom. The van der Waals surface area contributed by atoms with Crippen molar-refractivity contribution in [1.82, 2.24) is 0 Å². The van der Waals surface area contributed by atoms with Gasteiger partial charge in [0, 0.05) is 5.56 Å². The fourth-order valence-corrected chi connectivity index (χ4v) is 2.22. The van der Waals surface area contributed by atoms with E-state index in [4.69, 9.17) is 14.4 Å². The van der Waals surface area contributed by atoms with Crippen molar-refractivity contribution in [3.63, 3.8) is 0 Å². The summed E-state index contributed by atoms with van der Waals surface area (Å²) in [4.78, 5) is 0. The molecule has 0 aliphatic heterocycles. The largest absolute Gasteiger partial charge is 0.504 e. The van der Waals surface area contributed by atoms with Gasteiger partial charge in [-0.3, -0.25) is 0 Å². The van der Waals surface area contributed by atoms with E-state index < -0.39 is 0 Å². The molecule has 0 saturated heterocycles. The van der Waals surface area contributed by atoms with Crippen molar-refractivity contribution < 1.29 is 14.3 Å². The number of phenols is 1. The predicted molar refractivity (Wildman–Crippen MR) is 93.1 cm³/mol. The number of benzene rings is 2. The summed E-state index contributed by atoms with van der Waals surface area (Å²) in [6.45, 7) is 5.88. The number of hydrogen-bond acceptors (Lipinski definition) is 4. The molecule has 24 heavy (non-hydrogen) atoms. The summed E-state index contributed by atoms with van der Waals surface area (Å²) in [5.74, 6) is 1.38. The Bertz CT molecular complexity index is 846. The molecule has 0 unspecified atom stereocenters. The molecule has 4 heteroatoms.